The lowest BCUT2D eigenvalue weighted by atomic mass is 10.1. The van der Waals surface area contributed by atoms with Crippen molar-refractivity contribution in [3.05, 3.63) is 29.8 Å². The van der Waals surface area contributed by atoms with Crippen LogP contribution in [0.4, 0.5) is 0 Å². The minimum Gasteiger partial charge on any atom is -0.317 e. The summed E-state index contributed by atoms with van der Waals surface area (Å²) < 4.78 is 51.5. The van der Waals surface area contributed by atoms with Gasteiger partial charge < -0.3 is 10.2 Å². The van der Waals surface area contributed by atoms with E-state index in [0.717, 1.165) is 38.0 Å². The van der Waals surface area contributed by atoms with Crippen molar-refractivity contribution >= 4 is 19.9 Å². The molecule has 0 spiro atoms. The SMILES string of the molecule is Cc1ccc(S(=O)(=O)N(CCCN2CCS(=O)(=O)CC2)C2CCNCC2)cc1. The van der Waals surface area contributed by atoms with Crippen molar-refractivity contribution in [3.8, 4) is 0 Å². The number of aryl methyl sites for hydroxylation is 1. The molecule has 9 heteroatoms. The Morgan fingerprint density at radius 3 is 2.32 bits per heavy atom. The Hall–Kier alpha value is -1.00. The van der Waals surface area contributed by atoms with E-state index >= 15 is 0 Å². The van der Waals surface area contributed by atoms with E-state index in [1.807, 2.05) is 19.1 Å². The van der Waals surface area contributed by atoms with Crippen LogP contribution in [0.2, 0.25) is 0 Å². The first kappa shape index (κ1) is 21.7. The first-order valence-corrected chi connectivity index (χ1v) is 13.3. The molecule has 0 saturated carbocycles. The molecule has 0 amide bonds. The van der Waals surface area contributed by atoms with Crippen LogP contribution in [0.15, 0.2) is 29.2 Å². The Labute approximate surface area is 169 Å². The third kappa shape index (κ3) is 5.54. The molecular weight excluding hydrogens is 398 g/mol. The standard InChI is InChI=1S/C19H31N3O4S2/c1-17-3-5-19(6-4-17)28(25,26)22(18-7-9-20-10-8-18)12-2-11-21-13-15-27(23,24)16-14-21/h3-6,18,20H,2,7-16H2,1H3. The smallest absolute Gasteiger partial charge is 0.243 e. The van der Waals surface area contributed by atoms with Crippen molar-refractivity contribution in [1.29, 1.82) is 0 Å². The maximum absolute atomic E-state index is 13.3. The lowest BCUT2D eigenvalue weighted by Gasteiger charge is -2.34. The Balaban J connectivity index is 1.68. The summed E-state index contributed by atoms with van der Waals surface area (Å²) in [4.78, 5) is 2.47. The van der Waals surface area contributed by atoms with Gasteiger partial charge in [-0.15, -0.1) is 0 Å². The number of nitrogens with zero attached hydrogens (tertiary/aromatic N) is 2. The minimum absolute atomic E-state index is 0.00860. The van der Waals surface area contributed by atoms with Gasteiger partial charge in [0.1, 0.15) is 0 Å². The van der Waals surface area contributed by atoms with Crippen LogP contribution in [-0.4, -0.2) is 82.9 Å². The predicted octanol–water partition coefficient (Wildman–Crippen LogP) is 0.858. The van der Waals surface area contributed by atoms with E-state index < -0.39 is 19.9 Å². The van der Waals surface area contributed by atoms with E-state index in [-0.39, 0.29) is 17.5 Å². The van der Waals surface area contributed by atoms with Gasteiger partial charge in [-0.1, -0.05) is 17.7 Å². The van der Waals surface area contributed by atoms with Gasteiger partial charge in [0.2, 0.25) is 10.0 Å². The zero-order valence-electron chi connectivity index (χ0n) is 16.5. The van der Waals surface area contributed by atoms with Crippen molar-refractivity contribution in [3.63, 3.8) is 0 Å². The average molecular weight is 430 g/mol. The fraction of sp³-hybridized carbons (Fsp3) is 0.684. The van der Waals surface area contributed by atoms with Gasteiger partial charge in [0, 0.05) is 25.7 Å². The molecule has 2 saturated heterocycles. The number of sulfonamides is 1. The van der Waals surface area contributed by atoms with Crippen molar-refractivity contribution in [2.24, 2.45) is 0 Å². The number of hydrogen-bond acceptors (Lipinski definition) is 6. The second-order valence-electron chi connectivity index (χ2n) is 7.76. The molecule has 0 radical (unpaired) electrons. The number of hydrogen-bond donors (Lipinski definition) is 1. The van der Waals surface area contributed by atoms with Crippen molar-refractivity contribution in [2.45, 2.75) is 37.1 Å². The molecule has 7 nitrogen and oxygen atoms in total. The van der Waals surface area contributed by atoms with Crippen LogP contribution in [0, 0.1) is 6.92 Å². The monoisotopic (exact) mass is 429 g/mol. The Morgan fingerprint density at radius 1 is 1.11 bits per heavy atom. The highest BCUT2D eigenvalue weighted by Gasteiger charge is 2.32. The van der Waals surface area contributed by atoms with E-state index in [1.165, 1.54) is 0 Å². The fourth-order valence-corrected chi connectivity index (χ4v) is 6.86. The maximum Gasteiger partial charge on any atom is 0.243 e. The van der Waals surface area contributed by atoms with Crippen LogP contribution in [0.5, 0.6) is 0 Å². The highest BCUT2D eigenvalue weighted by atomic mass is 32.2. The largest absolute Gasteiger partial charge is 0.317 e. The second kappa shape index (κ2) is 9.21. The third-order valence-corrected chi connectivity index (χ3v) is 9.21. The van der Waals surface area contributed by atoms with Crippen molar-refractivity contribution in [1.82, 2.24) is 14.5 Å². The summed E-state index contributed by atoms with van der Waals surface area (Å²) in [7, 11) is -6.44. The van der Waals surface area contributed by atoms with Crippen molar-refractivity contribution in [2.75, 3.05) is 50.8 Å². The lowest BCUT2D eigenvalue weighted by molar-refractivity contribution is 0.235. The summed E-state index contributed by atoms with van der Waals surface area (Å²) in [5.41, 5.74) is 1.03. The molecule has 0 bridgehead atoms. The van der Waals surface area contributed by atoms with Gasteiger partial charge in [-0.3, -0.25) is 0 Å². The van der Waals surface area contributed by atoms with Crippen LogP contribution >= 0.6 is 0 Å². The summed E-state index contributed by atoms with van der Waals surface area (Å²) >= 11 is 0. The van der Waals surface area contributed by atoms with E-state index in [4.69, 9.17) is 0 Å². The molecule has 0 atom stereocenters. The highest BCUT2D eigenvalue weighted by molar-refractivity contribution is 7.91. The molecule has 28 heavy (non-hydrogen) atoms. The Kier molecular flexibility index (Phi) is 7.14. The van der Waals surface area contributed by atoms with E-state index in [1.54, 1.807) is 16.4 Å². The normalized spacial score (nSPS) is 21.8. The molecule has 2 aliphatic rings. The molecule has 158 valence electrons. The first-order valence-electron chi connectivity index (χ1n) is 10.00. The molecule has 0 aromatic heterocycles. The second-order valence-corrected chi connectivity index (χ2v) is 12.0. The maximum atomic E-state index is 13.3. The summed E-state index contributed by atoms with van der Waals surface area (Å²) in [6.45, 7) is 5.87. The Morgan fingerprint density at radius 2 is 1.71 bits per heavy atom. The summed E-state index contributed by atoms with van der Waals surface area (Å²) in [6.07, 6.45) is 2.33. The van der Waals surface area contributed by atoms with Crippen LogP contribution < -0.4 is 5.32 Å². The summed E-state index contributed by atoms with van der Waals surface area (Å²) in [6, 6.07) is 7.06. The van der Waals surface area contributed by atoms with Crippen LogP contribution in [0.3, 0.4) is 0 Å². The summed E-state index contributed by atoms with van der Waals surface area (Å²) in [5, 5.41) is 3.30. The van der Waals surface area contributed by atoms with Crippen LogP contribution in [0.1, 0.15) is 24.8 Å². The van der Waals surface area contributed by atoms with Gasteiger partial charge in [0.05, 0.1) is 16.4 Å². The summed E-state index contributed by atoms with van der Waals surface area (Å²) in [5.74, 6) is 0.402. The molecule has 0 unspecified atom stereocenters. The number of piperidine rings is 1. The quantitative estimate of drug-likeness (QED) is 0.692. The van der Waals surface area contributed by atoms with Gasteiger partial charge in [-0.25, -0.2) is 16.8 Å². The minimum atomic E-state index is -3.55. The van der Waals surface area contributed by atoms with Gasteiger partial charge >= 0.3 is 0 Å². The molecule has 2 fully saturated rings. The first-order chi connectivity index (χ1) is 13.3. The van der Waals surface area contributed by atoms with Crippen LogP contribution in [0.25, 0.3) is 0 Å². The predicted molar refractivity (Wildman–Crippen MR) is 111 cm³/mol. The molecule has 2 aliphatic heterocycles. The lowest BCUT2D eigenvalue weighted by Crippen LogP contribution is -2.47. The Bertz CT molecular complexity index is 834. The zero-order chi connectivity index (χ0) is 20.2. The van der Waals surface area contributed by atoms with Crippen molar-refractivity contribution < 1.29 is 16.8 Å². The van der Waals surface area contributed by atoms with E-state index in [9.17, 15) is 16.8 Å². The highest BCUT2D eigenvalue weighted by Crippen LogP contribution is 2.23. The van der Waals surface area contributed by atoms with Gasteiger partial charge in [-0.2, -0.15) is 4.31 Å². The number of benzene rings is 1. The van der Waals surface area contributed by atoms with E-state index in [2.05, 4.69) is 10.2 Å². The molecule has 1 N–H and O–H groups in total. The molecule has 1 aromatic carbocycles. The van der Waals surface area contributed by atoms with E-state index in [0.29, 0.717) is 31.0 Å². The third-order valence-electron chi connectivity index (χ3n) is 5.63. The molecule has 3 rings (SSSR count). The molecular formula is C19H31N3O4S2. The van der Waals surface area contributed by atoms with Gasteiger partial charge in [0.15, 0.2) is 9.84 Å². The molecule has 2 heterocycles. The zero-order valence-corrected chi connectivity index (χ0v) is 18.1. The fourth-order valence-electron chi connectivity index (χ4n) is 3.86. The van der Waals surface area contributed by atoms with Gasteiger partial charge in [0.25, 0.3) is 0 Å². The molecule has 0 aliphatic carbocycles. The number of nitrogens with one attached hydrogen (secondary N) is 1. The number of sulfone groups is 1. The molecule has 1 aromatic rings. The number of rotatable bonds is 7. The topological polar surface area (TPSA) is 86.8 Å². The van der Waals surface area contributed by atoms with Crippen LogP contribution in [-0.2, 0) is 19.9 Å². The average Bonchev–Trinajstić information content (AvgIpc) is 2.67. The van der Waals surface area contributed by atoms with Gasteiger partial charge in [-0.05, 0) is 58.0 Å².